The maximum atomic E-state index is 12.0. The summed E-state index contributed by atoms with van der Waals surface area (Å²) in [4.78, 5) is 13.2. The van der Waals surface area contributed by atoms with Crippen LogP contribution in [0.15, 0.2) is 28.7 Å². The number of fused-ring (bicyclic) bond motifs is 1. The van der Waals surface area contributed by atoms with Crippen LogP contribution >= 0.6 is 22.9 Å². The normalized spacial score (nSPS) is 13.0. The van der Waals surface area contributed by atoms with Crippen molar-refractivity contribution in [3.63, 3.8) is 0 Å². The number of carbonyl (C=O) groups is 1. The van der Waals surface area contributed by atoms with Gasteiger partial charge in [0.15, 0.2) is 11.5 Å². The van der Waals surface area contributed by atoms with E-state index in [1.807, 2.05) is 11.4 Å². The first-order valence-electron chi connectivity index (χ1n) is 7.05. The van der Waals surface area contributed by atoms with Crippen molar-refractivity contribution in [1.82, 2.24) is 5.43 Å². The number of thiophene rings is 1. The third kappa shape index (κ3) is 3.48. The number of nitrogens with zero attached hydrogens (tertiary/aromatic N) is 1. The van der Waals surface area contributed by atoms with Crippen LogP contribution in [0.4, 0.5) is 0 Å². The van der Waals surface area contributed by atoms with Gasteiger partial charge in [-0.25, -0.2) is 5.43 Å². The summed E-state index contributed by atoms with van der Waals surface area (Å²) in [6.07, 6.45) is 1.48. The van der Waals surface area contributed by atoms with Crippen LogP contribution in [0.2, 0.25) is 5.02 Å². The lowest BCUT2D eigenvalue weighted by molar-refractivity contribution is 0.0955. The molecule has 0 saturated heterocycles. The molecule has 1 N–H and O–H groups in total. The molecule has 0 atom stereocenters. The number of ether oxygens (including phenoxy) is 2. The van der Waals surface area contributed by atoms with Gasteiger partial charge in [-0.3, -0.25) is 4.79 Å². The zero-order chi connectivity index (χ0) is 16.4. The van der Waals surface area contributed by atoms with E-state index < -0.39 is 0 Å². The summed E-state index contributed by atoms with van der Waals surface area (Å²) in [6.45, 7) is 4.36. The van der Waals surface area contributed by atoms with Crippen molar-refractivity contribution in [2.24, 2.45) is 5.10 Å². The van der Waals surface area contributed by atoms with Gasteiger partial charge >= 0.3 is 0 Å². The lowest BCUT2D eigenvalue weighted by Crippen LogP contribution is -2.16. The van der Waals surface area contributed by atoms with Crippen molar-refractivity contribution < 1.29 is 14.3 Å². The van der Waals surface area contributed by atoms with Gasteiger partial charge in [-0.15, -0.1) is 11.3 Å². The number of benzene rings is 1. The molecule has 7 heteroatoms. The van der Waals surface area contributed by atoms with Gasteiger partial charge in [0.05, 0.1) is 16.8 Å². The standard InChI is InChI=1S/C16H15ClN2O3S/c1-9(2)15-4-11(7-23-15)16(20)19-18-6-10-3-13-14(5-12(10)17)22-8-21-13/h3-7,9H,8H2,1-2H3,(H,19,20)/b18-6-. The van der Waals surface area contributed by atoms with E-state index in [1.54, 1.807) is 23.5 Å². The molecule has 2 heterocycles. The van der Waals surface area contributed by atoms with E-state index in [0.717, 1.165) is 4.88 Å². The van der Waals surface area contributed by atoms with Gasteiger partial charge in [-0.05, 0) is 18.1 Å². The van der Waals surface area contributed by atoms with Crippen molar-refractivity contribution in [3.05, 3.63) is 44.6 Å². The summed E-state index contributed by atoms with van der Waals surface area (Å²) in [5.74, 6) is 1.37. The largest absolute Gasteiger partial charge is 0.454 e. The Balaban J connectivity index is 1.67. The van der Waals surface area contributed by atoms with Crippen molar-refractivity contribution >= 4 is 35.1 Å². The highest BCUT2D eigenvalue weighted by Crippen LogP contribution is 2.36. The van der Waals surface area contributed by atoms with Gasteiger partial charge < -0.3 is 9.47 Å². The molecular formula is C16H15ClN2O3S. The van der Waals surface area contributed by atoms with Crippen molar-refractivity contribution in [3.8, 4) is 11.5 Å². The number of rotatable bonds is 4. The molecule has 0 bridgehead atoms. The van der Waals surface area contributed by atoms with Crippen LogP contribution < -0.4 is 14.9 Å². The maximum absolute atomic E-state index is 12.0. The van der Waals surface area contributed by atoms with Crippen molar-refractivity contribution in [1.29, 1.82) is 0 Å². The van der Waals surface area contributed by atoms with Crippen molar-refractivity contribution in [2.45, 2.75) is 19.8 Å². The average Bonchev–Trinajstić information content (AvgIpc) is 3.15. The fourth-order valence-electron chi connectivity index (χ4n) is 2.03. The molecule has 1 aromatic heterocycles. The lowest BCUT2D eigenvalue weighted by Gasteiger charge is -2.01. The van der Waals surface area contributed by atoms with Crippen molar-refractivity contribution in [2.75, 3.05) is 6.79 Å². The molecular weight excluding hydrogens is 336 g/mol. The number of nitrogens with one attached hydrogen (secondary N) is 1. The Bertz CT molecular complexity index is 771. The van der Waals surface area contributed by atoms with Gasteiger partial charge in [-0.2, -0.15) is 5.10 Å². The van der Waals surface area contributed by atoms with Gasteiger partial charge in [0.2, 0.25) is 6.79 Å². The Morgan fingerprint density at radius 2 is 2.09 bits per heavy atom. The number of halogens is 1. The summed E-state index contributed by atoms with van der Waals surface area (Å²) < 4.78 is 10.5. The van der Waals surface area contributed by atoms with E-state index in [2.05, 4.69) is 24.4 Å². The molecule has 5 nitrogen and oxygen atoms in total. The first-order chi connectivity index (χ1) is 11.0. The molecule has 1 amide bonds. The molecule has 1 aliphatic rings. The minimum atomic E-state index is -0.249. The van der Waals surface area contributed by atoms with Crippen LogP contribution in [0.3, 0.4) is 0 Å². The number of carbonyl (C=O) groups excluding carboxylic acids is 1. The van der Waals surface area contributed by atoms with Gasteiger partial charge in [0.1, 0.15) is 0 Å². The Kier molecular flexibility index (Phi) is 4.54. The predicted molar refractivity (Wildman–Crippen MR) is 91.0 cm³/mol. The summed E-state index contributed by atoms with van der Waals surface area (Å²) in [5.41, 5.74) is 3.75. The van der Waals surface area contributed by atoms with Crippen LogP contribution in [-0.2, 0) is 0 Å². The Morgan fingerprint density at radius 3 is 2.78 bits per heavy atom. The summed E-state index contributed by atoms with van der Waals surface area (Å²) in [7, 11) is 0. The first-order valence-corrected chi connectivity index (χ1v) is 8.31. The quantitative estimate of drug-likeness (QED) is 0.669. The minimum Gasteiger partial charge on any atom is -0.454 e. The third-order valence-electron chi connectivity index (χ3n) is 3.31. The van der Waals surface area contributed by atoms with E-state index in [-0.39, 0.29) is 12.7 Å². The predicted octanol–water partition coefficient (Wildman–Crippen LogP) is 4.02. The lowest BCUT2D eigenvalue weighted by atomic mass is 10.1. The summed E-state index contributed by atoms with van der Waals surface area (Å²) >= 11 is 7.71. The average molecular weight is 351 g/mol. The Hall–Kier alpha value is -2.05. The third-order valence-corrected chi connectivity index (χ3v) is 4.87. The minimum absolute atomic E-state index is 0.180. The van der Waals surface area contributed by atoms with Gasteiger partial charge in [-0.1, -0.05) is 25.4 Å². The van der Waals surface area contributed by atoms with Crippen LogP contribution in [0.25, 0.3) is 0 Å². The van der Waals surface area contributed by atoms with E-state index in [4.69, 9.17) is 21.1 Å². The molecule has 23 heavy (non-hydrogen) atoms. The molecule has 0 unspecified atom stereocenters. The number of hydrazone groups is 1. The van der Waals surface area contributed by atoms with E-state index >= 15 is 0 Å². The molecule has 2 aromatic rings. The number of hydrogen-bond donors (Lipinski definition) is 1. The first kappa shape index (κ1) is 15.8. The highest BCUT2D eigenvalue weighted by molar-refractivity contribution is 7.10. The molecule has 0 saturated carbocycles. The molecule has 0 aliphatic carbocycles. The Morgan fingerprint density at radius 1 is 1.35 bits per heavy atom. The molecule has 1 aromatic carbocycles. The van der Waals surface area contributed by atoms with Crippen LogP contribution in [-0.4, -0.2) is 18.9 Å². The fourth-order valence-corrected chi connectivity index (χ4v) is 3.14. The maximum Gasteiger partial charge on any atom is 0.272 e. The second-order valence-corrected chi connectivity index (χ2v) is 6.67. The van der Waals surface area contributed by atoms with Crippen LogP contribution in [0, 0.1) is 0 Å². The zero-order valence-corrected chi connectivity index (χ0v) is 14.2. The molecule has 0 spiro atoms. The van der Waals surface area contributed by atoms with Crippen LogP contribution in [0.5, 0.6) is 11.5 Å². The molecule has 1 aliphatic heterocycles. The Labute approximate surface area is 142 Å². The second-order valence-electron chi connectivity index (χ2n) is 5.32. The molecule has 0 fully saturated rings. The molecule has 3 rings (SSSR count). The summed E-state index contributed by atoms with van der Waals surface area (Å²) in [6, 6.07) is 5.27. The summed E-state index contributed by atoms with van der Waals surface area (Å²) in [5, 5.41) is 6.26. The number of hydrogen-bond acceptors (Lipinski definition) is 5. The second kappa shape index (κ2) is 6.60. The van der Waals surface area contributed by atoms with E-state index in [1.165, 1.54) is 6.21 Å². The van der Waals surface area contributed by atoms with E-state index in [0.29, 0.717) is 33.6 Å². The van der Waals surface area contributed by atoms with Crippen LogP contribution in [0.1, 0.15) is 40.6 Å². The highest BCUT2D eigenvalue weighted by Gasteiger charge is 2.16. The van der Waals surface area contributed by atoms with E-state index in [9.17, 15) is 4.79 Å². The SMILES string of the molecule is CC(C)c1cc(C(=O)N/N=C\c2cc3c(cc2Cl)OCO3)cs1. The monoisotopic (exact) mass is 350 g/mol. The molecule has 120 valence electrons. The zero-order valence-electron chi connectivity index (χ0n) is 12.6. The fraction of sp³-hybridized carbons (Fsp3) is 0.250. The molecule has 0 radical (unpaired) electrons. The highest BCUT2D eigenvalue weighted by atomic mass is 35.5. The smallest absolute Gasteiger partial charge is 0.272 e. The number of amides is 1. The topological polar surface area (TPSA) is 59.9 Å². The van der Waals surface area contributed by atoms with Gasteiger partial charge in [0, 0.05) is 21.9 Å². The van der Waals surface area contributed by atoms with Gasteiger partial charge in [0.25, 0.3) is 5.91 Å².